The summed E-state index contributed by atoms with van der Waals surface area (Å²) in [7, 11) is 0. The first kappa shape index (κ1) is 26.4. The van der Waals surface area contributed by atoms with Gasteiger partial charge in [-0.25, -0.2) is 9.59 Å². The molecule has 7 fully saturated rings. The Bertz CT molecular complexity index is 874. The molecule has 4 N–H and O–H groups in total. The van der Waals surface area contributed by atoms with Gasteiger partial charge in [-0.15, -0.1) is 0 Å². The van der Waals surface area contributed by atoms with Crippen molar-refractivity contribution in [3.05, 3.63) is 0 Å². The number of carboxylic acid groups (broad SMARTS) is 2. The maximum absolute atomic E-state index is 13.1. The molecule has 1 aliphatic carbocycles. The number of carbonyl (C=O) groups is 4. The fourth-order valence-corrected chi connectivity index (χ4v) is 7.86. The number of aliphatic carboxylic acids is 2. The molecular weight excluding hydrogens is 476 g/mol. The smallest absolute Gasteiger partial charge is 0.326 e. The van der Waals surface area contributed by atoms with Gasteiger partial charge < -0.3 is 30.6 Å². The van der Waals surface area contributed by atoms with Gasteiger partial charge in [0, 0.05) is 24.3 Å². The Morgan fingerprint density at radius 3 is 1.41 bits per heavy atom. The molecule has 37 heavy (non-hydrogen) atoms. The fraction of sp³-hybridized carbons (Fsp3) is 0.852. The zero-order valence-electron chi connectivity index (χ0n) is 21.6. The summed E-state index contributed by atoms with van der Waals surface area (Å²) in [6.07, 6.45) is 6.78. The lowest BCUT2D eigenvalue weighted by Gasteiger charge is -2.46. The second-order valence-electron chi connectivity index (χ2n) is 12.1. The fourth-order valence-electron chi connectivity index (χ4n) is 7.86. The van der Waals surface area contributed by atoms with E-state index >= 15 is 0 Å². The van der Waals surface area contributed by atoms with Crippen molar-refractivity contribution in [2.24, 2.45) is 35.5 Å². The van der Waals surface area contributed by atoms with Gasteiger partial charge in [0.25, 0.3) is 0 Å². The van der Waals surface area contributed by atoms with E-state index in [0.717, 1.165) is 71.4 Å². The number of carbonyl (C=O) groups excluding carboxylic acids is 2. The second kappa shape index (κ2) is 11.3. The Labute approximate surface area is 218 Å². The molecule has 4 atom stereocenters. The molecule has 0 aromatic heterocycles. The highest BCUT2D eigenvalue weighted by Crippen LogP contribution is 2.36. The number of hydrogen-bond acceptors (Lipinski definition) is 6. The minimum Gasteiger partial charge on any atom is -0.480 e. The summed E-state index contributed by atoms with van der Waals surface area (Å²) >= 11 is 0. The second-order valence-corrected chi connectivity index (χ2v) is 12.1. The van der Waals surface area contributed by atoms with Crippen molar-refractivity contribution in [3.8, 4) is 0 Å². The molecule has 10 nitrogen and oxygen atoms in total. The van der Waals surface area contributed by atoms with Crippen LogP contribution >= 0.6 is 0 Å². The molecule has 6 heterocycles. The predicted molar refractivity (Wildman–Crippen MR) is 135 cm³/mol. The van der Waals surface area contributed by atoms with Crippen LogP contribution in [0.2, 0.25) is 0 Å². The average molecular weight is 519 g/mol. The highest BCUT2D eigenvalue weighted by Gasteiger charge is 2.44. The Balaban J connectivity index is 1.13. The van der Waals surface area contributed by atoms with E-state index < -0.39 is 24.0 Å². The third kappa shape index (κ3) is 5.79. The normalized spacial score (nSPS) is 38.7. The predicted octanol–water partition coefficient (Wildman–Crippen LogP) is 1.01. The van der Waals surface area contributed by atoms with Crippen molar-refractivity contribution in [2.75, 3.05) is 39.3 Å². The molecule has 2 amide bonds. The maximum Gasteiger partial charge on any atom is 0.326 e. The van der Waals surface area contributed by atoms with E-state index in [4.69, 9.17) is 0 Å². The van der Waals surface area contributed by atoms with E-state index in [-0.39, 0.29) is 35.5 Å². The van der Waals surface area contributed by atoms with Crippen LogP contribution in [0.4, 0.5) is 0 Å². The molecule has 0 aromatic rings. The largest absolute Gasteiger partial charge is 0.480 e. The van der Waals surface area contributed by atoms with Gasteiger partial charge in [0.05, 0.1) is 0 Å². The van der Waals surface area contributed by atoms with E-state index in [1.165, 1.54) is 0 Å². The van der Waals surface area contributed by atoms with Gasteiger partial charge in [0.2, 0.25) is 11.8 Å². The van der Waals surface area contributed by atoms with Gasteiger partial charge in [-0.1, -0.05) is 0 Å². The van der Waals surface area contributed by atoms with Crippen LogP contribution < -0.4 is 10.6 Å². The highest BCUT2D eigenvalue weighted by atomic mass is 16.4. The molecule has 1 saturated carbocycles. The molecule has 4 bridgehead atoms. The van der Waals surface area contributed by atoms with Crippen LogP contribution in [-0.4, -0.2) is 95.1 Å². The van der Waals surface area contributed by atoms with Crippen LogP contribution in [0.25, 0.3) is 0 Å². The highest BCUT2D eigenvalue weighted by molar-refractivity contribution is 5.87. The summed E-state index contributed by atoms with van der Waals surface area (Å²) in [5.74, 6) is -2.43. The van der Waals surface area contributed by atoms with Crippen molar-refractivity contribution in [2.45, 2.75) is 69.9 Å². The monoisotopic (exact) mass is 518 g/mol. The standard InChI is InChI=1S/C27H42N4O6/c32-24(28-22(26(34)35)20-9-14-30-10-5-16(20)6-11-30)18-1-3-19(4-2-18)25(33)29-23(27(36)37)21-15-31-12-7-17(21)8-13-31/h16-23H,1-15H2,(H,28,32)(H,29,33)(H,34,35)(H,36,37)/t18?,19?,20-,21-,22?,23?/m0/s1. The maximum atomic E-state index is 13.1. The number of carboxylic acids is 2. The molecule has 2 unspecified atom stereocenters. The van der Waals surface area contributed by atoms with E-state index in [1.54, 1.807) is 0 Å². The minimum atomic E-state index is -0.969. The SMILES string of the molecule is O=C(NC(C(=O)O)[C@H]1CCN2CCC1CC2)C1CCC(C(=O)NC(C(=O)O)[C@H]2CN3CCC2CC3)CC1. The molecule has 7 rings (SSSR count). The van der Waals surface area contributed by atoms with Crippen molar-refractivity contribution in [3.63, 3.8) is 0 Å². The molecular formula is C27H42N4O6. The minimum absolute atomic E-state index is 0.0459. The first-order chi connectivity index (χ1) is 17.8. The Kier molecular flexibility index (Phi) is 8.04. The van der Waals surface area contributed by atoms with Gasteiger partial charge in [-0.2, -0.15) is 0 Å². The van der Waals surface area contributed by atoms with Crippen molar-refractivity contribution >= 4 is 23.8 Å². The third-order valence-electron chi connectivity index (χ3n) is 10.2. The number of nitrogens with zero attached hydrogens (tertiary/aromatic N) is 2. The van der Waals surface area contributed by atoms with E-state index in [9.17, 15) is 29.4 Å². The lowest BCUT2D eigenvalue weighted by Crippen LogP contribution is -2.58. The number of rotatable bonds is 8. The summed E-state index contributed by atoms with van der Waals surface area (Å²) in [6.45, 7) is 5.65. The summed E-state index contributed by atoms with van der Waals surface area (Å²) < 4.78 is 0. The molecule has 0 radical (unpaired) electrons. The number of piperidine rings is 4. The third-order valence-corrected chi connectivity index (χ3v) is 10.2. The molecule has 206 valence electrons. The first-order valence-electron chi connectivity index (χ1n) is 14.3. The zero-order chi connectivity index (χ0) is 26.1. The summed E-state index contributed by atoms with van der Waals surface area (Å²) in [4.78, 5) is 55.0. The average Bonchev–Trinajstić information content (AvgIpc) is 3.24. The summed E-state index contributed by atoms with van der Waals surface area (Å²) in [6, 6.07) is -1.74. The van der Waals surface area contributed by atoms with Crippen LogP contribution in [-0.2, 0) is 19.2 Å². The van der Waals surface area contributed by atoms with Gasteiger partial charge in [0.1, 0.15) is 12.1 Å². The number of hydrogen-bond donors (Lipinski definition) is 4. The Morgan fingerprint density at radius 2 is 0.973 bits per heavy atom. The topological polar surface area (TPSA) is 139 Å². The zero-order valence-corrected chi connectivity index (χ0v) is 21.6. The van der Waals surface area contributed by atoms with Gasteiger partial charge >= 0.3 is 11.9 Å². The Hall–Kier alpha value is -2.20. The molecule has 0 aromatic carbocycles. The molecule has 6 saturated heterocycles. The molecule has 7 aliphatic rings. The summed E-state index contributed by atoms with van der Waals surface area (Å²) in [5, 5.41) is 25.5. The number of nitrogens with one attached hydrogen (secondary N) is 2. The van der Waals surface area contributed by atoms with Crippen molar-refractivity contribution in [1.82, 2.24) is 20.4 Å². The molecule has 10 heteroatoms. The van der Waals surface area contributed by atoms with E-state index in [2.05, 4.69) is 20.4 Å². The van der Waals surface area contributed by atoms with Crippen molar-refractivity contribution < 1.29 is 29.4 Å². The molecule has 0 spiro atoms. The summed E-state index contributed by atoms with van der Waals surface area (Å²) in [5.41, 5.74) is 0. The number of amides is 2. The lowest BCUT2D eigenvalue weighted by molar-refractivity contribution is -0.147. The number of fused-ring (bicyclic) bond motifs is 7. The molecule has 6 aliphatic heterocycles. The van der Waals surface area contributed by atoms with Crippen LogP contribution in [0, 0.1) is 35.5 Å². The van der Waals surface area contributed by atoms with Crippen LogP contribution in [0.5, 0.6) is 0 Å². The van der Waals surface area contributed by atoms with Crippen LogP contribution in [0.15, 0.2) is 0 Å². The Morgan fingerprint density at radius 1 is 0.568 bits per heavy atom. The van der Waals surface area contributed by atoms with Crippen LogP contribution in [0.1, 0.15) is 57.8 Å². The van der Waals surface area contributed by atoms with E-state index in [0.29, 0.717) is 37.5 Å². The lowest BCUT2D eigenvalue weighted by atomic mass is 9.75. The first-order valence-corrected chi connectivity index (χ1v) is 14.3. The van der Waals surface area contributed by atoms with Gasteiger partial charge in [0.15, 0.2) is 0 Å². The van der Waals surface area contributed by atoms with Crippen molar-refractivity contribution in [1.29, 1.82) is 0 Å². The van der Waals surface area contributed by atoms with Gasteiger partial charge in [-0.05, 0) is 108 Å². The van der Waals surface area contributed by atoms with Crippen LogP contribution in [0.3, 0.4) is 0 Å². The van der Waals surface area contributed by atoms with Gasteiger partial charge in [-0.3, -0.25) is 9.59 Å². The van der Waals surface area contributed by atoms with E-state index in [1.807, 2.05) is 0 Å². The quantitative estimate of drug-likeness (QED) is 0.373.